The van der Waals surface area contributed by atoms with Crippen molar-refractivity contribution in [3.8, 4) is 5.75 Å². The molecular formula is C18H19N2O3+. The predicted octanol–water partition coefficient (Wildman–Crippen LogP) is 1.70. The topological polar surface area (TPSA) is 63.3 Å². The van der Waals surface area contributed by atoms with Gasteiger partial charge in [-0.2, -0.15) is 0 Å². The molecule has 1 aliphatic heterocycles. The molecule has 0 bridgehead atoms. The van der Waals surface area contributed by atoms with E-state index in [-0.39, 0.29) is 11.6 Å². The molecule has 2 aromatic carbocycles. The molecule has 0 fully saturated rings. The molecule has 0 spiro atoms. The molecule has 5 nitrogen and oxygen atoms in total. The Labute approximate surface area is 134 Å². The van der Waals surface area contributed by atoms with Crippen LogP contribution in [0.1, 0.15) is 17.5 Å². The number of nitrogens with zero attached hydrogens (tertiary/aromatic N) is 1. The van der Waals surface area contributed by atoms with E-state index >= 15 is 0 Å². The number of hydrogen-bond acceptors (Lipinski definition) is 4. The first-order valence-electron chi connectivity index (χ1n) is 7.62. The molecule has 0 radical (unpaired) electrons. The van der Waals surface area contributed by atoms with E-state index in [2.05, 4.69) is 5.16 Å². The minimum absolute atomic E-state index is 0.134. The van der Waals surface area contributed by atoms with Crippen LogP contribution in [0.3, 0.4) is 0 Å². The molecule has 3 rings (SSSR count). The lowest BCUT2D eigenvalue weighted by Gasteiger charge is -2.11. The van der Waals surface area contributed by atoms with Crippen molar-refractivity contribution in [3.63, 3.8) is 0 Å². The van der Waals surface area contributed by atoms with Crippen LogP contribution >= 0.6 is 0 Å². The number of benzene rings is 2. The number of carbonyl (C=O) groups excluding carboxylic acids is 1. The van der Waals surface area contributed by atoms with Crippen LogP contribution in [0, 0.1) is 6.92 Å². The van der Waals surface area contributed by atoms with Gasteiger partial charge >= 0.3 is 5.91 Å². The average molecular weight is 311 g/mol. The Morgan fingerprint density at radius 3 is 2.61 bits per heavy atom. The Hall–Kier alpha value is -2.66. The molecule has 1 aliphatic rings. The highest BCUT2D eigenvalue weighted by molar-refractivity contribution is 6.45. The lowest BCUT2D eigenvalue weighted by molar-refractivity contribution is -0.742. The zero-order valence-electron chi connectivity index (χ0n) is 13.0. The van der Waals surface area contributed by atoms with Crippen LogP contribution in [0.25, 0.3) is 0 Å². The summed E-state index contributed by atoms with van der Waals surface area (Å²) in [6.07, 6.45) is 0.724. The number of nitrogens with one attached hydrogen (secondary N) is 1. The van der Waals surface area contributed by atoms with Crippen molar-refractivity contribution in [2.24, 2.45) is 5.16 Å². The Balaban J connectivity index is 1.60. The number of aryl methyl sites for hydroxylation is 1. The minimum atomic E-state index is -0.191. The summed E-state index contributed by atoms with van der Waals surface area (Å²) in [7, 11) is 0. The third-order valence-corrected chi connectivity index (χ3v) is 3.96. The first-order chi connectivity index (χ1) is 11.2. The van der Waals surface area contributed by atoms with Crippen molar-refractivity contribution < 1.29 is 19.6 Å². The molecule has 0 saturated carbocycles. The highest BCUT2D eigenvalue weighted by atomic mass is 16.5. The Morgan fingerprint density at radius 1 is 1.13 bits per heavy atom. The summed E-state index contributed by atoms with van der Waals surface area (Å²) in [5, 5.41) is 12.2. The predicted molar refractivity (Wildman–Crippen MR) is 86.6 cm³/mol. The standard InChI is InChI=1S/C18H18N2O3/c1-13-7-9-14(10-8-13)23-12-4-11-20-16-6-3-2-5-15(16)17(19-22)18(20)21/h2-3,5-10,22H,4,11-12H2,1H3/p+1. The van der Waals surface area contributed by atoms with Gasteiger partial charge in [-0.3, -0.25) is 0 Å². The number of rotatable bonds is 5. The summed E-state index contributed by atoms with van der Waals surface area (Å²) in [4.78, 5) is 13.0. The van der Waals surface area contributed by atoms with E-state index < -0.39 is 0 Å². The van der Waals surface area contributed by atoms with Crippen LogP contribution in [0.15, 0.2) is 53.7 Å². The number of quaternary nitrogens is 1. The van der Waals surface area contributed by atoms with Gasteiger partial charge in [0.2, 0.25) is 5.71 Å². The lowest BCUT2D eigenvalue weighted by Crippen LogP contribution is -3.09. The van der Waals surface area contributed by atoms with E-state index in [1.54, 1.807) is 6.07 Å². The third-order valence-electron chi connectivity index (χ3n) is 3.96. The van der Waals surface area contributed by atoms with Crippen LogP contribution < -0.4 is 9.64 Å². The van der Waals surface area contributed by atoms with Gasteiger partial charge in [-0.25, -0.2) is 9.69 Å². The summed E-state index contributed by atoms with van der Waals surface area (Å²) in [5.74, 6) is 0.639. The fourth-order valence-electron chi connectivity index (χ4n) is 2.76. The minimum Gasteiger partial charge on any atom is -0.493 e. The van der Waals surface area contributed by atoms with Gasteiger partial charge in [-0.1, -0.05) is 35.0 Å². The van der Waals surface area contributed by atoms with Crippen molar-refractivity contribution in [1.29, 1.82) is 0 Å². The van der Waals surface area contributed by atoms with Crippen LogP contribution in [0.5, 0.6) is 5.75 Å². The Morgan fingerprint density at radius 2 is 1.87 bits per heavy atom. The van der Waals surface area contributed by atoms with Crippen molar-refractivity contribution in [2.45, 2.75) is 13.3 Å². The largest absolute Gasteiger partial charge is 0.493 e. The molecule has 1 unspecified atom stereocenters. The molecule has 1 amide bonds. The van der Waals surface area contributed by atoms with Crippen LogP contribution in [0.2, 0.25) is 0 Å². The van der Waals surface area contributed by atoms with Gasteiger partial charge in [0.15, 0.2) is 0 Å². The molecule has 1 atom stereocenters. The summed E-state index contributed by atoms with van der Waals surface area (Å²) >= 11 is 0. The fraction of sp³-hybridized carbons (Fsp3) is 0.222. The first-order valence-corrected chi connectivity index (χ1v) is 7.62. The number of ether oxygens (including phenoxy) is 1. The maximum Gasteiger partial charge on any atom is 0.372 e. The monoisotopic (exact) mass is 311 g/mol. The smallest absolute Gasteiger partial charge is 0.372 e. The van der Waals surface area contributed by atoms with E-state index in [0.29, 0.717) is 23.6 Å². The van der Waals surface area contributed by atoms with Gasteiger partial charge in [-0.15, -0.1) is 0 Å². The second kappa shape index (κ2) is 6.62. The van der Waals surface area contributed by atoms with E-state index in [0.717, 1.165) is 17.9 Å². The van der Waals surface area contributed by atoms with E-state index in [1.165, 1.54) is 5.56 Å². The fourth-order valence-corrected chi connectivity index (χ4v) is 2.76. The van der Waals surface area contributed by atoms with E-state index in [9.17, 15) is 4.79 Å². The molecule has 0 aromatic heterocycles. The molecule has 0 aliphatic carbocycles. The van der Waals surface area contributed by atoms with Crippen LogP contribution in [-0.4, -0.2) is 30.0 Å². The van der Waals surface area contributed by atoms with Crippen LogP contribution in [-0.2, 0) is 4.79 Å². The number of para-hydroxylation sites is 1. The van der Waals surface area contributed by atoms with E-state index in [1.807, 2.05) is 49.4 Å². The molecule has 0 saturated heterocycles. The average Bonchev–Trinajstić information content (AvgIpc) is 2.84. The van der Waals surface area contributed by atoms with Gasteiger partial charge in [0, 0.05) is 12.5 Å². The summed E-state index contributed by atoms with van der Waals surface area (Å²) in [5.41, 5.74) is 2.89. The third kappa shape index (κ3) is 3.10. The Kier molecular flexibility index (Phi) is 4.39. The molecule has 1 heterocycles. The zero-order chi connectivity index (χ0) is 16.2. The molecule has 2 N–H and O–H groups in total. The Bertz CT molecular complexity index is 738. The molecule has 5 heteroatoms. The second-order valence-electron chi connectivity index (χ2n) is 5.57. The molecular weight excluding hydrogens is 292 g/mol. The van der Waals surface area contributed by atoms with Gasteiger partial charge in [0.25, 0.3) is 0 Å². The van der Waals surface area contributed by atoms with Crippen molar-refractivity contribution in [2.75, 3.05) is 13.2 Å². The van der Waals surface area contributed by atoms with Gasteiger partial charge < -0.3 is 9.94 Å². The normalized spacial score (nSPS) is 18.2. The number of carbonyl (C=O) groups is 1. The van der Waals surface area contributed by atoms with Crippen molar-refractivity contribution >= 4 is 17.3 Å². The quantitative estimate of drug-likeness (QED) is 0.502. The summed E-state index contributed by atoms with van der Waals surface area (Å²) in [6, 6.07) is 15.3. The number of oxime groups is 1. The number of hydrogen-bond donors (Lipinski definition) is 2. The highest BCUT2D eigenvalue weighted by Crippen LogP contribution is 2.17. The first kappa shape index (κ1) is 15.2. The van der Waals surface area contributed by atoms with Gasteiger partial charge in [-0.05, 0) is 25.1 Å². The number of amides is 1. The maximum atomic E-state index is 12.3. The number of fused-ring (bicyclic) bond motifs is 1. The molecule has 23 heavy (non-hydrogen) atoms. The summed E-state index contributed by atoms with van der Waals surface area (Å²) in [6.45, 7) is 3.16. The summed E-state index contributed by atoms with van der Waals surface area (Å²) < 4.78 is 5.69. The van der Waals surface area contributed by atoms with Gasteiger partial charge in [0.05, 0.1) is 18.7 Å². The highest BCUT2D eigenvalue weighted by Gasteiger charge is 2.39. The zero-order valence-corrected chi connectivity index (χ0v) is 13.0. The van der Waals surface area contributed by atoms with Crippen LogP contribution in [0.4, 0.5) is 5.69 Å². The van der Waals surface area contributed by atoms with E-state index in [4.69, 9.17) is 9.94 Å². The van der Waals surface area contributed by atoms with Gasteiger partial charge in [0.1, 0.15) is 11.4 Å². The second-order valence-corrected chi connectivity index (χ2v) is 5.57. The lowest BCUT2D eigenvalue weighted by atomic mass is 10.1. The van der Waals surface area contributed by atoms with Crippen molar-refractivity contribution in [1.82, 2.24) is 0 Å². The molecule has 118 valence electrons. The SMILES string of the molecule is Cc1ccc(OCCC[NH+]2C(=O)C(=NO)c3ccccc32)cc1. The maximum absolute atomic E-state index is 12.3. The van der Waals surface area contributed by atoms with Crippen molar-refractivity contribution in [3.05, 3.63) is 59.7 Å². The molecule has 2 aromatic rings.